The standard InChI is InChI=1S/C20H19N5O2/c26-18-9-15-6-7-16(11-21-18)25(15)20(27)13-8-17-19(22-10-13)24(12-23-17)14-4-2-1-3-5-14/h1-5,8,10,12,15-16H,6-7,9,11H2,(H,21,26)/t15-,16+/m1/s1. The number of nitrogens with one attached hydrogen (secondary N) is 1. The van der Waals surface area contributed by atoms with E-state index in [0.717, 1.165) is 18.5 Å². The van der Waals surface area contributed by atoms with Crippen molar-refractivity contribution in [1.29, 1.82) is 0 Å². The second-order valence-corrected chi connectivity index (χ2v) is 7.12. The van der Waals surface area contributed by atoms with Gasteiger partial charge in [0.15, 0.2) is 5.65 Å². The van der Waals surface area contributed by atoms with Crippen LogP contribution < -0.4 is 5.32 Å². The van der Waals surface area contributed by atoms with Crippen molar-refractivity contribution in [2.24, 2.45) is 0 Å². The molecule has 4 heterocycles. The van der Waals surface area contributed by atoms with Crippen molar-refractivity contribution < 1.29 is 9.59 Å². The molecule has 0 aliphatic carbocycles. The molecule has 136 valence electrons. The Morgan fingerprint density at radius 2 is 1.93 bits per heavy atom. The van der Waals surface area contributed by atoms with E-state index in [0.29, 0.717) is 29.7 Å². The van der Waals surface area contributed by atoms with E-state index in [9.17, 15) is 9.59 Å². The minimum Gasteiger partial charge on any atom is -0.354 e. The van der Waals surface area contributed by atoms with E-state index in [-0.39, 0.29) is 23.9 Å². The lowest BCUT2D eigenvalue weighted by molar-refractivity contribution is -0.121. The van der Waals surface area contributed by atoms with Crippen LogP contribution in [0.15, 0.2) is 48.9 Å². The van der Waals surface area contributed by atoms with Crippen molar-refractivity contribution in [3.63, 3.8) is 0 Å². The summed E-state index contributed by atoms with van der Waals surface area (Å²) >= 11 is 0. The molecule has 2 fully saturated rings. The van der Waals surface area contributed by atoms with Gasteiger partial charge in [-0.15, -0.1) is 0 Å². The molecule has 1 aromatic carbocycles. The lowest BCUT2D eigenvalue weighted by atomic mass is 10.1. The summed E-state index contributed by atoms with van der Waals surface area (Å²) in [5.74, 6) is -0.0437. The molecule has 1 N–H and O–H groups in total. The Labute approximate surface area is 156 Å². The largest absolute Gasteiger partial charge is 0.354 e. The molecule has 5 rings (SSSR count). The van der Waals surface area contributed by atoms with Crippen LogP contribution in [0.25, 0.3) is 16.9 Å². The van der Waals surface area contributed by atoms with Crippen molar-refractivity contribution in [2.45, 2.75) is 31.3 Å². The van der Waals surface area contributed by atoms with Crippen LogP contribution in [0.1, 0.15) is 29.6 Å². The quantitative estimate of drug-likeness (QED) is 0.756. The number of para-hydroxylation sites is 1. The van der Waals surface area contributed by atoms with E-state index >= 15 is 0 Å². The number of pyridine rings is 1. The first-order valence-corrected chi connectivity index (χ1v) is 9.18. The summed E-state index contributed by atoms with van der Waals surface area (Å²) in [5.41, 5.74) is 2.89. The Bertz CT molecular complexity index is 1030. The van der Waals surface area contributed by atoms with Gasteiger partial charge in [0.2, 0.25) is 5.91 Å². The van der Waals surface area contributed by atoms with Crippen LogP contribution in [-0.4, -0.2) is 49.9 Å². The highest BCUT2D eigenvalue weighted by Crippen LogP contribution is 2.30. The first-order chi connectivity index (χ1) is 13.2. The fraction of sp³-hybridized carbons (Fsp3) is 0.300. The molecule has 7 heteroatoms. The van der Waals surface area contributed by atoms with Crippen molar-refractivity contribution in [2.75, 3.05) is 6.54 Å². The average Bonchev–Trinajstić information content (AvgIpc) is 3.24. The molecule has 2 aliphatic rings. The van der Waals surface area contributed by atoms with Gasteiger partial charge >= 0.3 is 0 Å². The van der Waals surface area contributed by atoms with Crippen LogP contribution in [0.2, 0.25) is 0 Å². The minimum atomic E-state index is -0.0670. The Hall–Kier alpha value is -3.22. The SMILES string of the molecule is O=C1C[C@H]2CC[C@@H](CN1)N2C(=O)c1cnc2c(c1)ncn2-c1ccccc1. The molecule has 7 nitrogen and oxygen atoms in total. The lowest BCUT2D eigenvalue weighted by Gasteiger charge is -2.27. The number of hydrogen-bond donors (Lipinski definition) is 1. The Balaban J connectivity index is 1.49. The summed E-state index contributed by atoms with van der Waals surface area (Å²) in [5, 5.41) is 2.90. The molecular formula is C20H19N5O2. The summed E-state index contributed by atoms with van der Waals surface area (Å²) in [6, 6.07) is 11.7. The van der Waals surface area contributed by atoms with Gasteiger partial charge in [0, 0.05) is 36.9 Å². The van der Waals surface area contributed by atoms with Crippen LogP contribution in [-0.2, 0) is 4.79 Å². The minimum absolute atomic E-state index is 0.0233. The molecule has 3 aromatic rings. The molecule has 0 saturated carbocycles. The van der Waals surface area contributed by atoms with Crippen LogP contribution in [0.3, 0.4) is 0 Å². The molecule has 2 bridgehead atoms. The van der Waals surface area contributed by atoms with Gasteiger partial charge in [-0.2, -0.15) is 0 Å². The summed E-state index contributed by atoms with van der Waals surface area (Å²) in [6.45, 7) is 0.527. The molecule has 2 amide bonds. The number of rotatable bonds is 2. The molecule has 2 saturated heterocycles. The molecule has 27 heavy (non-hydrogen) atoms. The molecule has 0 radical (unpaired) electrons. The molecular weight excluding hydrogens is 342 g/mol. The van der Waals surface area contributed by atoms with Crippen LogP contribution in [0.4, 0.5) is 0 Å². The van der Waals surface area contributed by atoms with Crippen LogP contribution in [0, 0.1) is 0 Å². The number of imidazole rings is 1. The predicted molar refractivity (Wildman–Crippen MR) is 99.5 cm³/mol. The van der Waals surface area contributed by atoms with Gasteiger partial charge in [-0.05, 0) is 31.0 Å². The van der Waals surface area contributed by atoms with Crippen LogP contribution in [0.5, 0.6) is 0 Å². The van der Waals surface area contributed by atoms with E-state index in [1.54, 1.807) is 18.6 Å². The zero-order valence-electron chi connectivity index (χ0n) is 14.7. The fourth-order valence-corrected chi connectivity index (χ4v) is 4.16. The van der Waals surface area contributed by atoms with Gasteiger partial charge in [-0.3, -0.25) is 14.2 Å². The maximum Gasteiger partial charge on any atom is 0.256 e. The maximum atomic E-state index is 13.2. The Morgan fingerprint density at radius 3 is 2.78 bits per heavy atom. The zero-order chi connectivity index (χ0) is 18.4. The second-order valence-electron chi connectivity index (χ2n) is 7.12. The molecule has 2 aromatic heterocycles. The number of carbonyl (C=O) groups excluding carboxylic acids is 2. The predicted octanol–water partition coefficient (Wildman–Crippen LogP) is 1.91. The number of amides is 2. The molecule has 2 atom stereocenters. The van der Waals surface area contributed by atoms with Gasteiger partial charge in [0.25, 0.3) is 5.91 Å². The monoisotopic (exact) mass is 361 g/mol. The molecule has 2 aliphatic heterocycles. The van der Waals surface area contributed by atoms with Gasteiger partial charge < -0.3 is 10.2 Å². The third-order valence-corrected chi connectivity index (χ3v) is 5.48. The Morgan fingerprint density at radius 1 is 1.11 bits per heavy atom. The summed E-state index contributed by atoms with van der Waals surface area (Å²) < 4.78 is 1.90. The molecule has 0 unspecified atom stereocenters. The van der Waals surface area contributed by atoms with E-state index in [1.165, 1.54) is 0 Å². The van der Waals surface area contributed by atoms with Gasteiger partial charge in [-0.25, -0.2) is 9.97 Å². The summed E-state index contributed by atoms with van der Waals surface area (Å²) in [4.78, 5) is 35.8. The van der Waals surface area contributed by atoms with E-state index in [2.05, 4.69) is 15.3 Å². The van der Waals surface area contributed by atoms with Crippen molar-refractivity contribution >= 4 is 23.0 Å². The first kappa shape index (κ1) is 16.0. The third-order valence-electron chi connectivity index (χ3n) is 5.48. The van der Waals surface area contributed by atoms with Gasteiger partial charge in [-0.1, -0.05) is 18.2 Å². The zero-order valence-corrected chi connectivity index (χ0v) is 14.7. The summed E-state index contributed by atoms with van der Waals surface area (Å²) in [6.07, 6.45) is 5.52. The van der Waals surface area contributed by atoms with E-state index in [1.807, 2.05) is 39.8 Å². The average molecular weight is 361 g/mol. The van der Waals surface area contributed by atoms with Gasteiger partial charge in [0.1, 0.15) is 11.8 Å². The Kier molecular flexibility index (Phi) is 3.67. The normalized spacial score (nSPS) is 21.9. The third kappa shape index (κ3) is 2.66. The van der Waals surface area contributed by atoms with Crippen molar-refractivity contribution in [3.8, 4) is 5.69 Å². The number of nitrogens with zero attached hydrogens (tertiary/aromatic N) is 4. The number of carbonyl (C=O) groups is 2. The topological polar surface area (TPSA) is 80.1 Å². The number of aromatic nitrogens is 3. The first-order valence-electron chi connectivity index (χ1n) is 9.18. The highest BCUT2D eigenvalue weighted by Gasteiger charge is 2.40. The number of benzene rings is 1. The highest BCUT2D eigenvalue weighted by atomic mass is 16.2. The number of fused-ring (bicyclic) bond motifs is 3. The highest BCUT2D eigenvalue weighted by molar-refractivity contribution is 5.97. The van der Waals surface area contributed by atoms with E-state index in [4.69, 9.17) is 0 Å². The lowest BCUT2D eigenvalue weighted by Crippen LogP contribution is -2.42. The number of hydrogen-bond acceptors (Lipinski definition) is 4. The fourth-order valence-electron chi connectivity index (χ4n) is 4.16. The second kappa shape index (κ2) is 6.19. The van der Waals surface area contributed by atoms with Crippen molar-refractivity contribution in [3.05, 3.63) is 54.5 Å². The van der Waals surface area contributed by atoms with Crippen molar-refractivity contribution in [1.82, 2.24) is 24.8 Å². The smallest absolute Gasteiger partial charge is 0.256 e. The molecule has 0 spiro atoms. The maximum absolute atomic E-state index is 13.2. The van der Waals surface area contributed by atoms with Crippen LogP contribution >= 0.6 is 0 Å². The van der Waals surface area contributed by atoms with Gasteiger partial charge in [0.05, 0.1) is 5.56 Å². The van der Waals surface area contributed by atoms with E-state index < -0.39 is 0 Å². The summed E-state index contributed by atoms with van der Waals surface area (Å²) in [7, 11) is 0.